The maximum absolute atomic E-state index is 12.4. The molecule has 1 amide bonds. The van der Waals surface area contributed by atoms with E-state index in [1.807, 2.05) is 17.0 Å². The maximum Gasteiger partial charge on any atom is 0.236 e. The molecule has 3 rings (SSSR count). The quantitative estimate of drug-likeness (QED) is 0.408. The molecule has 3 heterocycles. The van der Waals surface area contributed by atoms with Crippen LogP contribution < -0.4 is 5.32 Å². The normalized spacial score (nSPS) is 19.2. The van der Waals surface area contributed by atoms with E-state index < -0.39 is 0 Å². The minimum Gasteiger partial charge on any atom is -0.467 e. The Morgan fingerprint density at radius 2 is 1.85 bits per heavy atom. The Morgan fingerprint density at radius 1 is 1.12 bits per heavy atom. The Bertz CT molecular complexity index is 564. The van der Waals surface area contributed by atoms with E-state index in [0.717, 1.165) is 63.8 Å². The van der Waals surface area contributed by atoms with Crippen LogP contribution in [0.15, 0.2) is 27.8 Å². The SMILES string of the molecule is CN=C(NCc1ccco1)N1CCN(CC(=O)N2CCCCC2)CC1.I. The summed E-state index contributed by atoms with van der Waals surface area (Å²) in [4.78, 5) is 23.3. The van der Waals surface area contributed by atoms with Crippen LogP contribution in [0.4, 0.5) is 0 Å². The molecule has 1 N–H and O–H groups in total. The van der Waals surface area contributed by atoms with Gasteiger partial charge in [0, 0.05) is 46.3 Å². The Labute approximate surface area is 172 Å². The molecule has 26 heavy (non-hydrogen) atoms. The number of nitrogens with zero attached hydrogens (tertiary/aromatic N) is 4. The molecule has 0 atom stereocenters. The van der Waals surface area contributed by atoms with Crippen molar-refractivity contribution >= 4 is 35.8 Å². The molecule has 8 heteroatoms. The van der Waals surface area contributed by atoms with Crippen LogP contribution in [-0.2, 0) is 11.3 Å². The second-order valence-electron chi connectivity index (χ2n) is 6.68. The molecule has 0 unspecified atom stereocenters. The number of piperazine rings is 1. The Kier molecular flexibility index (Phi) is 8.70. The van der Waals surface area contributed by atoms with Crippen molar-refractivity contribution in [3.8, 4) is 0 Å². The Hall–Kier alpha value is -1.29. The van der Waals surface area contributed by atoms with Crippen LogP contribution in [0.5, 0.6) is 0 Å². The highest BCUT2D eigenvalue weighted by Gasteiger charge is 2.24. The number of rotatable bonds is 4. The molecule has 0 bridgehead atoms. The number of amides is 1. The number of likely N-dealkylation sites (tertiary alicyclic amines) is 1. The lowest BCUT2D eigenvalue weighted by Gasteiger charge is -2.37. The number of piperidine rings is 1. The number of guanidine groups is 1. The van der Waals surface area contributed by atoms with E-state index in [0.29, 0.717) is 13.1 Å². The van der Waals surface area contributed by atoms with Crippen molar-refractivity contribution in [2.24, 2.45) is 4.99 Å². The monoisotopic (exact) mass is 475 g/mol. The molecule has 2 fully saturated rings. The van der Waals surface area contributed by atoms with Gasteiger partial charge in [-0.2, -0.15) is 0 Å². The van der Waals surface area contributed by atoms with Gasteiger partial charge in [0.05, 0.1) is 19.4 Å². The minimum atomic E-state index is 0. The smallest absolute Gasteiger partial charge is 0.236 e. The van der Waals surface area contributed by atoms with Gasteiger partial charge in [0.25, 0.3) is 0 Å². The molecule has 0 aliphatic carbocycles. The van der Waals surface area contributed by atoms with Crippen molar-refractivity contribution in [1.29, 1.82) is 0 Å². The lowest BCUT2D eigenvalue weighted by molar-refractivity contribution is -0.133. The standard InChI is InChI=1S/C18H29N5O2.HI/c1-19-18(20-14-16-6-5-13-25-16)23-11-9-21(10-12-23)15-17(24)22-7-3-2-4-8-22;/h5-6,13H,2-4,7-12,14-15H2,1H3,(H,19,20);1H. The summed E-state index contributed by atoms with van der Waals surface area (Å²) < 4.78 is 5.35. The zero-order chi connectivity index (χ0) is 17.5. The molecular weight excluding hydrogens is 445 g/mol. The van der Waals surface area contributed by atoms with Gasteiger partial charge in [0.1, 0.15) is 5.76 Å². The summed E-state index contributed by atoms with van der Waals surface area (Å²) in [5, 5.41) is 3.34. The van der Waals surface area contributed by atoms with Crippen molar-refractivity contribution < 1.29 is 9.21 Å². The highest BCUT2D eigenvalue weighted by Crippen LogP contribution is 2.10. The number of nitrogens with one attached hydrogen (secondary N) is 1. The summed E-state index contributed by atoms with van der Waals surface area (Å²) in [6.07, 6.45) is 5.23. The largest absolute Gasteiger partial charge is 0.467 e. The summed E-state index contributed by atoms with van der Waals surface area (Å²) >= 11 is 0. The third-order valence-corrected chi connectivity index (χ3v) is 4.95. The van der Waals surface area contributed by atoms with Gasteiger partial charge in [-0.1, -0.05) is 0 Å². The fraction of sp³-hybridized carbons (Fsp3) is 0.667. The highest BCUT2D eigenvalue weighted by atomic mass is 127. The molecule has 0 aromatic carbocycles. The molecule has 146 valence electrons. The average molecular weight is 475 g/mol. The Morgan fingerprint density at radius 3 is 2.46 bits per heavy atom. The van der Waals surface area contributed by atoms with Crippen LogP contribution in [0.1, 0.15) is 25.0 Å². The summed E-state index contributed by atoms with van der Waals surface area (Å²) in [6.45, 7) is 6.59. The first kappa shape index (κ1) is 21.0. The number of hydrogen-bond acceptors (Lipinski definition) is 4. The van der Waals surface area contributed by atoms with Crippen LogP contribution in [0.25, 0.3) is 0 Å². The fourth-order valence-electron chi connectivity index (χ4n) is 3.46. The van der Waals surface area contributed by atoms with E-state index in [-0.39, 0.29) is 29.9 Å². The molecule has 0 radical (unpaired) electrons. The van der Waals surface area contributed by atoms with Crippen LogP contribution >= 0.6 is 24.0 Å². The predicted molar refractivity (Wildman–Crippen MR) is 113 cm³/mol. The molecule has 0 saturated carbocycles. The molecule has 2 saturated heterocycles. The first-order valence-corrected chi connectivity index (χ1v) is 9.24. The molecule has 1 aromatic rings. The highest BCUT2D eigenvalue weighted by molar-refractivity contribution is 14.0. The van der Waals surface area contributed by atoms with Gasteiger partial charge in [-0.05, 0) is 31.4 Å². The lowest BCUT2D eigenvalue weighted by atomic mass is 10.1. The summed E-state index contributed by atoms with van der Waals surface area (Å²) in [7, 11) is 1.80. The average Bonchev–Trinajstić information content (AvgIpc) is 3.18. The zero-order valence-corrected chi connectivity index (χ0v) is 17.9. The topological polar surface area (TPSA) is 64.3 Å². The van der Waals surface area contributed by atoms with E-state index in [2.05, 4.69) is 20.1 Å². The Balaban J connectivity index is 0.00000243. The molecular formula is C18H30IN5O2. The van der Waals surface area contributed by atoms with Gasteiger partial charge in [0.2, 0.25) is 5.91 Å². The van der Waals surface area contributed by atoms with Crippen molar-refractivity contribution in [3.05, 3.63) is 24.2 Å². The van der Waals surface area contributed by atoms with Crippen LogP contribution in [0.3, 0.4) is 0 Å². The van der Waals surface area contributed by atoms with E-state index in [1.165, 1.54) is 6.42 Å². The first-order chi connectivity index (χ1) is 12.3. The van der Waals surface area contributed by atoms with E-state index in [4.69, 9.17) is 4.42 Å². The summed E-state index contributed by atoms with van der Waals surface area (Å²) in [6, 6.07) is 3.84. The van der Waals surface area contributed by atoms with Gasteiger partial charge >= 0.3 is 0 Å². The lowest BCUT2D eigenvalue weighted by Crippen LogP contribution is -2.54. The number of aliphatic imine (C=N–C) groups is 1. The molecule has 2 aliphatic heterocycles. The molecule has 1 aromatic heterocycles. The van der Waals surface area contributed by atoms with E-state index in [1.54, 1.807) is 13.3 Å². The third kappa shape index (κ3) is 5.87. The van der Waals surface area contributed by atoms with Crippen LogP contribution in [0, 0.1) is 0 Å². The summed E-state index contributed by atoms with van der Waals surface area (Å²) in [5.41, 5.74) is 0. The van der Waals surface area contributed by atoms with Crippen LogP contribution in [0.2, 0.25) is 0 Å². The van der Waals surface area contributed by atoms with Gasteiger partial charge in [0.15, 0.2) is 5.96 Å². The van der Waals surface area contributed by atoms with E-state index >= 15 is 0 Å². The van der Waals surface area contributed by atoms with E-state index in [9.17, 15) is 4.79 Å². The minimum absolute atomic E-state index is 0. The van der Waals surface area contributed by atoms with Crippen molar-refractivity contribution in [1.82, 2.24) is 20.0 Å². The maximum atomic E-state index is 12.4. The first-order valence-electron chi connectivity index (χ1n) is 9.24. The number of carbonyl (C=O) groups excluding carboxylic acids is 1. The summed E-state index contributed by atoms with van der Waals surface area (Å²) in [5.74, 6) is 2.07. The molecule has 0 spiro atoms. The van der Waals surface area contributed by atoms with Gasteiger partial charge in [-0.25, -0.2) is 0 Å². The molecule has 7 nitrogen and oxygen atoms in total. The molecule has 2 aliphatic rings. The predicted octanol–water partition coefficient (Wildman–Crippen LogP) is 1.60. The number of hydrogen-bond donors (Lipinski definition) is 1. The van der Waals surface area contributed by atoms with Crippen molar-refractivity contribution in [2.45, 2.75) is 25.8 Å². The van der Waals surface area contributed by atoms with Gasteiger partial charge < -0.3 is 19.5 Å². The zero-order valence-electron chi connectivity index (χ0n) is 15.5. The number of furan rings is 1. The second-order valence-corrected chi connectivity index (χ2v) is 6.68. The number of halogens is 1. The third-order valence-electron chi connectivity index (χ3n) is 4.95. The van der Waals surface area contributed by atoms with Gasteiger partial charge in [-0.3, -0.25) is 14.7 Å². The fourth-order valence-corrected chi connectivity index (χ4v) is 3.46. The van der Waals surface area contributed by atoms with Gasteiger partial charge in [-0.15, -0.1) is 24.0 Å². The van der Waals surface area contributed by atoms with Crippen molar-refractivity contribution in [3.63, 3.8) is 0 Å². The van der Waals surface area contributed by atoms with Crippen LogP contribution in [-0.4, -0.2) is 79.4 Å². The second kappa shape index (κ2) is 10.8. The number of carbonyl (C=O) groups is 1. The van der Waals surface area contributed by atoms with Crippen molar-refractivity contribution in [2.75, 3.05) is 52.9 Å².